The number of halogens is 1. The molecule has 2 aliphatic rings. The maximum Gasteiger partial charge on any atom is 0.338 e. The van der Waals surface area contributed by atoms with E-state index < -0.39 is 23.8 Å². The van der Waals surface area contributed by atoms with Gasteiger partial charge in [0.15, 0.2) is 6.10 Å². The average Bonchev–Trinajstić information content (AvgIpc) is 3.18. The van der Waals surface area contributed by atoms with Crippen LogP contribution in [0.1, 0.15) is 30.1 Å². The van der Waals surface area contributed by atoms with E-state index in [1.165, 1.54) is 31.2 Å². The highest BCUT2D eigenvalue weighted by molar-refractivity contribution is 6.05. The van der Waals surface area contributed by atoms with Gasteiger partial charge in [-0.15, -0.1) is 0 Å². The summed E-state index contributed by atoms with van der Waals surface area (Å²) in [6.07, 6.45) is 0.672. The first-order valence-corrected chi connectivity index (χ1v) is 9.41. The molecule has 0 spiro atoms. The molecule has 1 saturated heterocycles. The topological polar surface area (TPSA) is 87.7 Å². The number of rotatable bonds is 4. The molecule has 29 heavy (non-hydrogen) atoms. The number of esters is 1. The second-order valence-electron chi connectivity index (χ2n) is 7.12. The lowest BCUT2D eigenvalue weighted by molar-refractivity contribution is -0.123. The van der Waals surface area contributed by atoms with Gasteiger partial charge in [0, 0.05) is 12.2 Å². The van der Waals surface area contributed by atoms with Crippen LogP contribution in [0, 0.1) is 5.82 Å². The zero-order valence-electron chi connectivity index (χ0n) is 15.8. The van der Waals surface area contributed by atoms with Gasteiger partial charge in [0.25, 0.3) is 5.91 Å². The number of nitrogens with one attached hydrogen (secondary N) is 2. The van der Waals surface area contributed by atoms with Gasteiger partial charge in [-0.25, -0.2) is 9.18 Å². The third kappa shape index (κ3) is 3.78. The normalized spacial score (nSPS) is 18.3. The standard InChI is InChI=1S/C21H20FN3O4/c1-12(19(26)23-15-5-2-4-14(22)11-15)29-21(28)13-7-8-17-16(10-13)24-20(27)18-6-3-9-25(17)18/h2,4-5,7-8,10-12,18H,3,6,9H2,1H3,(H,23,26)(H,24,27)/t12-,18-/m1/s1. The Kier molecular flexibility index (Phi) is 4.92. The number of benzene rings is 2. The number of anilines is 3. The van der Waals surface area contributed by atoms with Gasteiger partial charge < -0.3 is 20.3 Å². The van der Waals surface area contributed by atoms with Crippen molar-refractivity contribution in [2.24, 2.45) is 0 Å². The van der Waals surface area contributed by atoms with Crippen LogP contribution in [0.3, 0.4) is 0 Å². The molecule has 2 atom stereocenters. The molecule has 0 radical (unpaired) electrons. The van der Waals surface area contributed by atoms with E-state index in [1.807, 2.05) is 4.90 Å². The number of hydrogen-bond acceptors (Lipinski definition) is 5. The fourth-order valence-electron chi connectivity index (χ4n) is 3.65. The van der Waals surface area contributed by atoms with E-state index in [4.69, 9.17) is 4.74 Å². The summed E-state index contributed by atoms with van der Waals surface area (Å²) in [5.41, 5.74) is 1.93. The van der Waals surface area contributed by atoms with Crippen molar-refractivity contribution in [2.45, 2.75) is 31.9 Å². The number of carbonyl (C=O) groups is 3. The van der Waals surface area contributed by atoms with Crippen molar-refractivity contribution >= 4 is 34.8 Å². The fraction of sp³-hybridized carbons (Fsp3) is 0.286. The highest BCUT2D eigenvalue weighted by Gasteiger charge is 2.36. The van der Waals surface area contributed by atoms with Gasteiger partial charge >= 0.3 is 5.97 Å². The summed E-state index contributed by atoms with van der Waals surface area (Å²) in [6, 6.07) is 10.2. The van der Waals surface area contributed by atoms with E-state index in [1.54, 1.807) is 18.2 Å². The van der Waals surface area contributed by atoms with Crippen LogP contribution >= 0.6 is 0 Å². The lowest BCUT2D eigenvalue weighted by Gasteiger charge is -2.33. The second kappa shape index (κ2) is 7.54. The van der Waals surface area contributed by atoms with Crippen molar-refractivity contribution in [3.05, 3.63) is 53.8 Å². The maximum atomic E-state index is 13.2. The molecule has 7 nitrogen and oxygen atoms in total. The number of nitrogens with zero attached hydrogens (tertiary/aromatic N) is 1. The number of amides is 2. The second-order valence-corrected chi connectivity index (χ2v) is 7.12. The largest absolute Gasteiger partial charge is 0.449 e. The Hall–Kier alpha value is -3.42. The van der Waals surface area contributed by atoms with Crippen LogP contribution in [0.25, 0.3) is 0 Å². The summed E-state index contributed by atoms with van der Waals surface area (Å²) in [7, 11) is 0. The van der Waals surface area contributed by atoms with Gasteiger partial charge in [-0.3, -0.25) is 9.59 Å². The molecular weight excluding hydrogens is 377 g/mol. The number of carbonyl (C=O) groups excluding carboxylic acids is 3. The summed E-state index contributed by atoms with van der Waals surface area (Å²) in [4.78, 5) is 39.0. The molecule has 2 aromatic rings. The highest BCUT2D eigenvalue weighted by atomic mass is 19.1. The molecule has 0 unspecified atom stereocenters. The molecule has 2 aromatic carbocycles. The highest BCUT2D eigenvalue weighted by Crippen LogP contribution is 2.37. The molecule has 8 heteroatoms. The Labute approximate surface area is 166 Å². The van der Waals surface area contributed by atoms with E-state index >= 15 is 0 Å². The van der Waals surface area contributed by atoms with Gasteiger partial charge in [-0.05, 0) is 56.2 Å². The van der Waals surface area contributed by atoms with Crippen LogP contribution in [0.2, 0.25) is 0 Å². The first kappa shape index (κ1) is 18.9. The molecule has 150 valence electrons. The predicted octanol–water partition coefficient (Wildman–Crippen LogP) is 2.93. The first-order chi connectivity index (χ1) is 13.9. The third-order valence-corrected chi connectivity index (χ3v) is 5.10. The number of hydrogen-bond donors (Lipinski definition) is 2. The van der Waals surface area contributed by atoms with Crippen molar-refractivity contribution in [3.63, 3.8) is 0 Å². The molecule has 2 aliphatic heterocycles. The monoisotopic (exact) mass is 397 g/mol. The smallest absolute Gasteiger partial charge is 0.338 e. The summed E-state index contributed by atoms with van der Waals surface area (Å²) in [6.45, 7) is 2.23. The van der Waals surface area contributed by atoms with Gasteiger partial charge in [0.2, 0.25) is 5.91 Å². The van der Waals surface area contributed by atoms with Crippen LogP contribution in [0.15, 0.2) is 42.5 Å². The lowest BCUT2D eigenvalue weighted by Crippen LogP contribution is -2.43. The van der Waals surface area contributed by atoms with Crippen molar-refractivity contribution in [1.82, 2.24) is 0 Å². The molecular formula is C21H20FN3O4. The molecule has 2 amide bonds. The Bertz CT molecular complexity index is 994. The zero-order valence-corrected chi connectivity index (χ0v) is 15.8. The van der Waals surface area contributed by atoms with E-state index in [9.17, 15) is 18.8 Å². The predicted molar refractivity (Wildman–Crippen MR) is 105 cm³/mol. The minimum atomic E-state index is -1.08. The summed E-state index contributed by atoms with van der Waals surface area (Å²) in [5, 5.41) is 5.34. The van der Waals surface area contributed by atoms with Crippen molar-refractivity contribution in [2.75, 3.05) is 22.1 Å². The molecule has 2 N–H and O–H groups in total. The number of ether oxygens (including phenoxy) is 1. The molecule has 0 aromatic heterocycles. The molecule has 4 rings (SSSR count). The lowest BCUT2D eigenvalue weighted by atomic mass is 10.1. The Morgan fingerprint density at radius 3 is 2.90 bits per heavy atom. The Morgan fingerprint density at radius 2 is 2.10 bits per heavy atom. The van der Waals surface area contributed by atoms with E-state index in [-0.39, 0.29) is 23.2 Å². The zero-order chi connectivity index (χ0) is 20.5. The molecule has 0 bridgehead atoms. The minimum Gasteiger partial charge on any atom is -0.449 e. The summed E-state index contributed by atoms with van der Waals surface area (Å²) in [5.74, 6) is -1.82. The van der Waals surface area contributed by atoms with Crippen molar-refractivity contribution in [1.29, 1.82) is 0 Å². The van der Waals surface area contributed by atoms with Crippen LogP contribution in [-0.2, 0) is 14.3 Å². The van der Waals surface area contributed by atoms with Crippen molar-refractivity contribution < 1.29 is 23.5 Å². The fourth-order valence-corrected chi connectivity index (χ4v) is 3.65. The average molecular weight is 397 g/mol. The minimum absolute atomic E-state index is 0.0802. The quantitative estimate of drug-likeness (QED) is 0.775. The van der Waals surface area contributed by atoms with E-state index in [0.717, 1.165) is 25.1 Å². The third-order valence-electron chi connectivity index (χ3n) is 5.10. The summed E-state index contributed by atoms with van der Waals surface area (Å²) < 4.78 is 18.5. The number of fused-ring (bicyclic) bond motifs is 3. The van der Waals surface area contributed by atoms with Crippen LogP contribution < -0.4 is 15.5 Å². The van der Waals surface area contributed by atoms with E-state index in [0.29, 0.717) is 5.69 Å². The molecule has 2 heterocycles. The first-order valence-electron chi connectivity index (χ1n) is 9.41. The van der Waals surface area contributed by atoms with Gasteiger partial charge in [0.1, 0.15) is 11.9 Å². The Balaban J connectivity index is 1.44. The van der Waals surface area contributed by atoms with Gasteiger partial charge in [0.05, 0.1) is 16.9 Å². The van der Waals surface area contributed by atoms with Crippen molar-refractivity contribution in [3.8, 4) is 0 Å². The van der Waals surface area contributed by atoms with Gasteiger partial charge in [-0.1, -0.05) is 6.07 Å². The van der Waals surface area contributed by atoms with E-state index in [2.05, 4.69) is 10.6 Å². The Morgan fingerprint density at radius 1 is 1.28 bits per heavy atom. The van der Waals surface area contributed by atoms with Crippen LogP contribution in [0.5, 0.6) is 0 Å². The molecule has 0 saturated carbocycles. The van der Waals surface area contributed by atoms with Crippen LogP contribution in [-0.4, -0.2) is 36.5 Å². The molecule has 0 aliphatic carbocycles. The van der Waals surface area contributed by atoms with Crippen LogP contribution in [0.4, 0.5) is 21.5 Å². The summed E-state index contributed by atoms with van der Waals surface area (Å²) >= 11 is 0. The maximum absolute atomic E-state index is 13.2. The van der Waals surface area contributed by atoms with Gasteiger partial charge in [-0.2, -0.15) is 0 Å². The molecule has 1 fully saturated rings. The SMILES string of the molecule is C[C@@H](OC(=O)c1ccc2c(c1)NC(=O)[C@H]1CCCN21)C(=O)Nc1cccc(F)c1.